The van der Waals surface area contributed by atoms with Crippen LogP contribution in [0.2, 0.25) is 5.02 Å². The van der Waals surface area contributed by atoms with E-state index >= 15 is 0 Å². The number of quaternary nitrogens is 1. The first kappa shape index (κ1) is 20.0. The van der Waals surface area contributed by atoms with Gasteiger partial charge in [0.25, 0.3) is 5.69 Å². The van der Waals surface area contributed by atoms with Crippen molar-refractivity contribution in [2.24, 2.45) is 0 Å². The largest absolute Gasteiger partial charge is 0.376 e. The summed E-state index contributed by atoms with van der Waals surface area (Å²) in [6, 6.07) is 10.7. The third-order valence-corrected chi connectivity index (χ3v) is 5.17. The molecule has 3 rings (SSSR count). The number of non-ortho nitro benzene ring substituents is 1. The quantitative estimate of drug-likeness (QED) is 0.564. The van der Waals surface area contributed by atoms with Crippen molar-refractivity contribution in [1.29, 1.82) is 0 Å². The van der Waals surface area contributed by atoms with E-state index in [1.807, 2.05) is 0 Å². The van der Waals surface area contributed by atoms with Gasteiger partial charge in [-0.15, -0.1) is 0 Å². The molecular formula is C19H21ClFN4O3+. The Kier molecular flexibility index (Phi) is 6.43. The summed E-state index contributed by atoms with van der Waals surface area (Å²) in [4.78, 5) is 25.7. The third-order valence-electron chi connectivity index (χ3n) is 4.81. The van der Waals surface area contributed by atoms with Crippen molar-refractivity contribution in [3.8, 4) is 0 Å². The highest BCUT2D eigenvalue weighted by Gasteiger charge is 2.25. The number of piperazine rings is 1. The molecule has 0 unspecified atom stereocenters. The van der Waals surface area contributed by atoms with Crippen LogP contribution in [0.25, 0.3) is 0 Å². The van der Waals surface area contributed by atoms with Crippen LogP contribution in [-0.2, 0) is 11.3 Å². The predicted octanol–water partition coefficient (Wildman–Crippen LogP) is 1.73. The minimum Gasteiger partial charge on any atom is -0.376 e. The second-order valence-electron chi connectivity index (χ2n) is 6.67. The van der Waals surface area contributed by atoms with E-state index < -0.39 is 4.92 Å². The minimum absolute atomic E-state index is 0.0264. The van der Waals surface area contributed by atoms with E-state index in [9.17, 15) is 19.3 Å². The predicted molar refractivity (Wildman–Crippen MR) is 104 cm³/mol. The number of nitrogens with zero attached hydrogens (tertiary/aromatic N) is 2. The Morgan fingerprint density at radius 2 is 1.96 bits per heavy atom. The van der Waals surface area contributed by atoms with Gasteiger partial charge in [0, 0.05) is 17.8 Å². The van der Waals surface area contributed by atoms with Gasteiger partial charge in [-0.05, 0) is 18.2 Å². The molecule has 2 aromatic carbocycles. The first-order chi connectivity index (χ1) is 13.4. The Balaban J connectivity index is 1.49. The molecule has 0 bridgehead atoms. The van der Waals surface area contributed by atoms with Gasteiger partial charge in [0.15, 0.2) is 0 Å². The number of rotatable bonds is 6. The van der Waals surface area contributed by atoms with E-state index in [-0.39, 0.29) is 24.0 Å². The molecule has 1 heterocycles. The molecule has 0 radical (unpaired) electrons. The van der Waals surface area contributed by atoms with Crippen molar-refractivity contribution < 1.29 is 19.0 Å². The van der Waals surface area contributed by atoms with Crippen molar-refractivity contribution in [3.63, 3.8) is 0 Å². The molecule has 2 N–H and O–H groups in total. The first-order valence-corrected chi connectivity index (χ1v) is 9.34. The molecule has 7 nitrogen and oxygen atoms in total. The van der Waals surface area contributed by atoms with Crippen molar-refractivity contribution in [3.05, 3.63) is 69.0 Å². The lowest BCUT2D eigenvalue weighted by molar-refractivity contribution is -0.917. The molecular weight excluding hydrogens is 387 g/mol. The van der Waals surface area contributed by atoms with Crippen LogP contribution < -0.4 is 10.2 Å². The van der Waals surface area contributed by atoms with Gasteiger partial charge in [0.2, 0.25) is 5.91 Å². The lowest BCUT2D eigenvalue weighted by atomic mass is 10.2. The summed E-state index contributed by atoms with van der Waals surface area (Å²) < 4.78 is 13.9. The highest BCUT2D eigenvalue weighted by molar-refractivity contribution is 6.31. The highest BCUT2D eigenvalue weighted by Crippen LogP contribution is 2.18. The van der Waals surface area contributed by atoms with Crippen molar-refractivity contribution in [1.82, 2.24) is 4.90 Å². The molecule has 0 aliphatic carbocycles. The lowest BCUT2D eigenvalue weighted by Gasteiger charge is -2.32. The SMILES string of the molecule is O=C(CNc1cccc([N+](=O)[O-])c1)N1CC[NH+](Cc2c(F)cccc2Cl)CC1. The number of hydrogen-bond donors (Lipinski definition) is 2. The van der Waals surface area contributed by atoms with Gasteiger partial charge in [-0.25, -0.2) is 4.39 Å². The number of nitro benzene ring substituents is 1. The summed E-state index contributed by atoms with van der Waals surface area (Å²) in [6.45, 7) is 3.09. The molecule has 1 saturated heterocycles. The number of amides is 1. The second kappa shape index (κ2) is 8.99. The summed E-state index contributed by atoms with van der Waals surface area (Å²) in [5.41, 5.74) is 1.01. The summed E-state index contributed by atoms with van der Waals surface area (Å²) in [6.07, 6.45) is 0. The number of nitrogens with one attached hydrogen (secondary N) is 2. The van der Waals surface area contributed by atoms with Crippen LogP contribution in [-0.4, -0.2) is 48.5 Å². The van der Waals surface area contributed by atoms with Crippen LogP contribution in [0, 0.1) is 15.9 Å². The van der Waals surface area contributed by atoms with E-state index in [0.29, 0.717) is 49.0 Å². The van der Waals surface area contributed by atoms with Gasteiger partial charge in [-0.1, -0.05) is 23.7 Å². The third kappa shape index (κ3) is 4.96. The Labute approximate surface area is 166 Å². The normalized spacial score (nSPS) is 14.7. The zero-order valence-electron chi connectivity index (χ0n) is 15.2. The van der Waals surface area contributed by atoms with Gasteiger partial charge in [-0.2, -0.15) is 0 Å². The Morgan fingerprint density at radius 1 is 1.25 bits per heavy atom. The molecule has 1 aliphatic rings. The van der Waals surface area contributed by atoms with Crippen LogP contribution in [0.3, 0.4) is 0 Å². The molecule has 0 atom stereocenters. The number of carbonyl (C=O) groups excluding carboxylic acids is 1. The zero-order chi connectivity index (χ0) is 20.1. The van der Waals surface area contributed by atoms with E-state index in [4.69, 9.17) is 11.6 Å². The van der Waals surface area contributed by atoms with Gasteiger partial charge >= 0.3 is 0 Å². The molecule has 0 spiro atoms. The standard InChI is InChI=1S/C19H20ClFN4O3/c20-17-5-2-6-18(21)16(17)13-23-7-9-24(10-8-23)19(26)12-22-14-3-1-4-15(11-14)25(27)28/h1-6,11,22H,7-10,12-13H2/p+1. The average Bonchev–Trinajstić information content (AvgIpc) is 2.70. The number of hydrogen-bond acceptors (Lipinski definition) is 4. The maximum absolute atomic E-state index is 13.9. The highest BCUT2D eigenvalue weighted by atomic mass is 35.5. The fraction of sp³-hybridized carbons (Fsp3) is 0.316. The number of nitro groups is 1. The maximum Gasteiger partial charge on any atom is 0.271 e. The lowest BCUT2D eigenvalue weighted by Crippen LogP contribution is -3.13. The topological polar surface area (TPSA) is 79.9 Å². The summed E-state index contributed by atoms with van der Waals surface area (Å²) >= 11 is 6.09. The van der Waals surface area contributed by atoms with Gasteiger partial charge in [0.1, 0.15) is 12.4 Å². The van der Waals surface area contributed by atoms with Gasteiger partial charge < -0.3 is 15.1 Å². The molecule has 1 amide bonds. The smallest absolute Gasteiger partial charge is 0.271 e. The van der Waals surface area contributed by atoms with Crippen LogP contribution in [0.1, 0.15) is 5.56 Å². The molecule has 0 aromatic heterocycles. The minimum atomic E-state index is -0.475. The number of carbonyl (C=O) groups is 1. The molecule has 1 fully saturated rings. The number of halogens is 2. The summed E-state index contributed by atoms with van der Waals surface area (Å²) in [5.74, 6) is -0.380. The fourth-order valence-electron chi connectivity index (χ4n) is 3.22. The number of benzene rings is 2. The summed E-state index contributed by atoms with van der Waals surface area (Å²) in [7, 11) is 0. The molecule has 148 valence electrons. The zero-order valence-corrected chi connectivity index (χ0v) is 15.9. The Bertz CT molecular complexity index is 852. The number of anilines is 1. The van der Waals surface area contributed by atoms with Crippen LogP contribution in [0.15, 0.2) is 42.5 Å². The second-order valence-corrected chi connectivity index (χ2v) is 7.08. The van der Waals surface area contributed by atoms with Crippen molar-refractivity contribution in [2.75, 3.05) is 38.0 Å². The molecule has 28 heavy (non-hydrogen) atoms. The van der Waals surface area contributed by atoms with Gasteiger partial charge in [0.05, 0.1) is 48.2 Å². The molecule has 2 aromatic rings. The van der Waals surface area contributed by atoms with E-state index in [0.717, 1.165) is 0 Å². The fourth-order valence-corrected chi connectivity index (χ4v) is 3.45. The van der Waals surface area contributed by atoms with Crippen LogP contribution in [0.5, 0.6) is 0 Å². The monoisotopic (exact) mass is 407 g/mol. The van der Waals surface area contributed by atoms with E-state index in [1.54, 1.807) is 29.2 Å². The first-order valence-electron chi connectivity index (χ1n) is 8.96. The van der Waals surface area contributed by atoms with E-state index in [1.165, 1.54) is 23.1 Å². The average molecular weight is 408 g/mol. The molecule has 1 aliphatic heterocycles. The van der Waals surface area contributed by atoms with E-state index in [2.05, 4.69) is 5.32 Å². The molecule has 0 saturated carbocycles. The van der Waals surface area contributed by atoms with Crippen LogP contribution in [0.4, 0.5) is 15.8 Å². The summed E-state index contributed by atoms with van der Waals surface area (Å²) in [5, 5.41) is 14.2. The molecule has 9 heteroatoms. The Hall–Kier alpha value is -2.71. The Morgan fingerprint density at radius 3 is 2.64 bits per heavy atom. The van der Waals surface area contributed by atoms with Crippen LogP contribution >= 0.6 is 11.6 Å². The van der Waals surface area contributed by atoms with Crippen molar-refractivity contribution in [2.45, 2.75) is 6.54 Å². The van der Waals surface area contributed by atoms with Gasteiger partial charge in [-0.3, -0.25) is 14.9 Å². The van der Waals surface area contributed by atoms with Crippen molar-refractivity contribution >= 4 is 28.9 Å². The maximum atomic E-state index is 13.9.